The van der Waals surface area contributed by atoms with E-state index in [-0.39, 0.29) is 11.3 Å². The molecule has 0 saturated heterocycles. The summed E-state index contributed by atoms with van der Waals surface area (Å²) in [4.78, 5) is 19.9. The first-order chi connectivity index (χ1) is 12.5. The van der Waals surface area contributed by atoms with Crippen LogP contribution in [-0.4, -0.2) is 25.5 Å². The van der Waals surface area contributed by atoms with E-state index in [4.69, 9.17) is 5.73 Å². The molecule has 0 fully saturated rings. The normalized spacial score (nSPS) is 11.2. The van der Waals surface area contributed by atoms with Crippen molar-refractivity contribution in [2.45, 2.75) is 0 Å². The number of benzene rings is 1. The van der Waals surface area contributed by atoms with Crippen molar-refractivity contribution in [2.75, 3.05) is 5.73 Å². The number of rotatable bonds is 3. The van der Waals surface area contributed by atoms with Crippen molar-refractivity contribution < 1.29 is 13.6 Å². The Morgan fingerprint density at radius 2 is 2.04 bits per heavy atom. The number of ketones is 1. The van der Waals surface area contributed by atoms with Crippen LogP contribution in [0.25, 0.3) is 22.2 Å². The maximum atomic E-state index is 14.2. The lowest BCUT2D eigenvalue weighted by Crippen LogP contribution is -2.09. The van der Waals surface area contributed by atoms with Gasteiger partial charge in [0.2, 0.25) is 5.78 Å². The van der Waals surface area contributed by atoms with Crippen molar-refractivity contribution >= 4 is 22.5 Å². The highest BCUT2D eigenvalue weighted by Gasteiger charge is 2.24. The van der Waals surface area contributed by atoms with E-state index in [9.17, 15) is 13.6 Å². The number of aromatic nitrogens is 4. The van der Waals surface area contributed by atoms with Gasteiger partial charge in [0, 0.05) is 47.7 Å². The molecule has 0 radical (unpaired) electrons. The van der Waals surface area contributed by atoms with Crippen LogP contribution in [-0.2, 0) is 7.05 Å². The van der Waals surface area contributed by atoms with E-state index in [0.717, 1.165) is 23.3 Å². The zero-order valence-electron chi connectivity index (χ0n) is 13.6. The molecule has 130 valence electrons. The highest BCUT2D eigenvalue weighted by molar-refractivity contribution is 6.16. The minimum atomic E-state index is -1.07. The quantitative estimate of drug-likeness (QED) is 0.438. The number of nitrogens with one attached hydrogen (secondary N) is 1. The maximum absolute atomic E-state index is 14.2. The number of halogens is 2. The largest absolute Gasteiger partial charge is 0.396 e. The standard InChI is InChI=1S/C18H13F2N5O/c1-25-8-10(6-24-25)9-4-11-12(7-23-18(11)22-5-9)17(26)15-13(19)2-3-14(21)16(15)20/h2-8H,21H2,1H3,(H,22,23). The van der Waals surface area contributed by atoms with Gasteiger partial charge >= 0.3 is 0 Å². The summed E-state index contributed by atoms with van der Waals surface area (Å²) in [6.45, 7) is 0. The molecule has 0 spiro atoms. The molecule has 0 saturated carbocycles. The number of anilines is 1. The van der Waals surface area contributed by atoms with Crippen LogP contribution >= 0.6 is 0 Å². The molecule has 0 amide bonds. The number of nitrogen functional groups attached to an aromatic ring is 1. The van der Waals surface area contributed by atoms with Crippen molar-refractivity contribution in [1.82, 2.24) is 19.7 Å². The first kappa shape index (κ1) is 15.9. The smallest absolute Gasteiger partial charge is 0.201 e. The Labute approximate surface area is 146 Å². The Balaban J connectivity index is 1.87. The van der Waals surface area contributed by atoms with Crippen LogP contribution in [0.3, 0.4) is 0 Å². The predicted molar refractivity (Wildman–Crippen MR) is 92.5 cm³/mol. The lowest BCUT2D eigenvalue weighted by atomic mass is 10.0. The lowest BCUT2D eigenvalue weighted by molar-refractivity contribution is 0.103. The predicted octanol–water partition coefficient (Wildman–Crippen LogP) is 3.05. The summed E-state index contributed by atoms with van der Waals surface area (Å²) in [7, 11) is 1.78. The minimum absolute atomic E-state index is 0.113. The summed E-state index contributed by atoms with van der Waals surface area (Å²) in [6.07, 6.45) is 6.48. The third kappa shape index (κ3) is 2.43. The van der Waals surface area contributed by atoms with E-state index < -0.39 is 23.0 Å². The molecule has 3 heterocycles. The molecule has 26 heavy (non-hydrogen) atoms. The average Bonchev–Trinajstić information content (AvgIpc) is 3.24. The first-order valence-corrected chi connectivity index (χ1v) is 7.70. The van der Waals surface area contributed by atoms with Gasteiger partial charge < -0.3 is 10.7 Å². The number of aromatic amines is 1. The number of pyridine rings is 1. The molecule has 0 unspecified atom stereocenters. The molecule has 8 heteroatoms. The van der Waals surface area contributed by atoms with Crippen LogP contribution in [0.4, 0.5) is 14.5 Å². The number of hydrogen-bond donors (Lipinski definition) is 2. The summed E-state index contributed by atoms with van der Waals surface area (Å²) >= 11 is 0. The van der Waals surface area contributed by atoms with Gasteiger partial charge in [0.1, 0.15) is 11.5 Å². The Morgan fingerprint density at radius 3 is 2.77 bits per heavy atom. The topological polar surface area (TPSA) is 89.6 Å². The van der Waals surface area contributed by atoms with Crippen LogP contribution < -0.4 is 5.73 Å². The van der Waals surface area contributed by atoms with Gasteiger partial charge in [0.15, 0.2) is 5.82 Å². The third-order valence-electron chi connectivity index (χ3n) is 4.16. The van der Waals surface area contributed by atoms with E-state index in [1.54, 1.807) is 36.4 Å². The highest BCUT2D eigenvalue weighted by atomic mass is 19.1. The Hall–Kier alpha value is -3.55. The van der Waals surface area contributed by atoms with Crippen molar-refractivity contribution in [3.05, 3.63) is 65.7 Å². The molecule has 3 aromatic heterocycles. The molecule has 0 aliphatic rings. The summed E-state index contributed by atoms with van der Waals surface area (Å²) in [6, 6.07) is 3.78. The summed E-state index contributed by atoms with van der Waals surface area (Å²) in [5.74, 6) is -2.84. The van der Waals surface area contributed by atoms with Crippen molar-refractivity contribution in [3.63, 3.8) is 0 Å². The monoisotopic (exact) mass is 353 g/mol. The fourth-order valence-corrected chi connectivity index (χ4v) is 2.83. The maximum Gasteiger partial charge on any atom is 0.201 e. The number of H-pyrrole nitrogens is 1. The molecule has 6 nitrogen and oxygen atoms in total. The van der Waals surface area contributed by atoms with E-state index in [1.807, 2.05) is 0 Å². The fraction of sp³-hybridized carbons (Fsp3) is 0.0556. The number of carbonyl (C=O) groups excluding carboxylic acids is 1. The third-order valence-corrected chi connectivity index (χ3v) is 4.16. The van der Waals surface area contributed by atoms with Gasteiger partial charge in [-0.25, -0.2) is 13.8 Å². The molecule has 0 aliphatic heterocycles. The van der Waals surface area contributed by atoms with Crippen LogP contribution in [0.5, 0.6) is 0 Å². The molecule has 4 rings (SSSR count). The zero-order chi connectivity index (χ0) is 18.4. The first-order valence-electron chi connectivity index (χ1n) is 7.70. The molecule has 0 atom stereocenters. The number of nitrogens with zero attached hydrogens (tertiary/aromatic N) is 3. The van der Waals surface area contributed by atoms with Crippen LogP contribution in [0.15, 0.2) is 43.0 Å². The minimum Gasteiger partial charge on any atom is -0.396 e. The molecule has 3 N–H and O–H groups in total. The molecule has 1 aromatic carbocycles. The number of hydrogen-bond acceptors (Lipinski definition) is 4. The van der Waals surface area contributed by atoms with Crippen LogP contribution in [0.1, 0.15) is 15.9 Å². The Morgan fingerprint density at radius 1 is 1.23 bits per heavy atom. The zero-order valence-corrected chi connectivity index (χ0v) is 13.6. The van der Waals surface area contributed by atoms with Gasteiger partial charge in [-0.15, -0.1) is 0 Å². The summed E-state index contributed by atoms with van der Waals surface area (Å²) < 4.78 is 29.9. The number of aryl methyl sites for hydroxylation is 1. The van der Waals surface area contributed by atoms with Crippen LogP contribution in [0, 0.1) is 11.6 Å². The van der Waals surface area contributed by atoms with Crippen molar-refractivity contribution in [1.29, 1.82) is 0 Å². The second-order valence-corrected chi connectivity index (χ2v) is 5.88. The van der Waals surface area contributed by atoms with Crippen molar-refractivity contribution in [3.8, 4) is 11.1 Å². The number of carbonyl (C=O) groups is 1. The van der Waals surface area contributed by atoms with E-state index >= 15 is 0 Å². The molecular formula is C18H13F2N5O. The van der Waals surface area contributed by atoms with Crippen LogP contribution in [0.2, 0.25) is 0 Å². The molecule has 4 aromatic rings. The number of fused-ring (bicyclic) bond motifs is 1. The van der Waals surface area contributed by atoms with Gasteiger partial charge in [0.25, 0.3) is 0 Å². The second-order valence-electron chi connectivity index (χ2n) is 5.88. The second kappa shape index (κ2) is 5.76. The van der Waals surface area contributed by atoms with E-state index in [2.05, 4.69) is 15.1 Å². The Bertz CT molecular complexity index is 1160. The van der Waals surface area contributed by atoms with Gasteiger partial charge in [0.05, 0.1) is 17.4 Å². The highest BCUT2D eigenvalue weighted by Crippen LogP contribution is 2.28. The summed E-state index contributed by atoms with van der Waals surface area (Å²) in [5, 5.41) is 4.56. The van der Waals surface area contributed by atoms with Gasteiger partial charge in [-0.05, 0) is 18.2 Å². The van der Waals surface area contributed by atoms with Gasteiger partial charge in [-0.2, -0.15) is 5.10 Å². The molecule has 0 aliphatic carbocycles. The lowest BCUT2D eigenvalue weighted by Gasteiger charge is -2.06. The van der Waals surface area contributed by atoms with Gasteiger partial charge in [-0.3, -0.25) is 9.48 Å². The summed E-state index contributed by atoms with van der Waals surface area (Å²) in [5.41, 5.74) is 6.59. The van der Waals surface area contributed by atoms with E-state index in [1.165, 1.54) is 6.20 Å². The fourth-order valence-electron chi connectivity index (χ4n) is 2.83. The number of nitrogens with two attached hydrogens (primary N) is 1. The van der Waals surface area contributed by atoms with Crippen molar-refractivity contribution in [2.24, 2.45) is 7.05 Å². The molecular weight excluding hydrogens is 340 g/mol. The SMILES string of the molecule is Cn1cc(-c2cnc3[nH]cc(C(=O)c4c(F)ccc(N)c4F)c3c2)cn1. The molecule has 0 bridgehead atoms. The van der Waals surface area contributed by atoms with E-state index in [0.29, 0.717) is 11.0 Å². The van der Waals surface area contributed by atoms with Gasteiger partial charge in [-0.1, -0.05) is 0 Å². The average molecular weight is 353 g/mol. The Kier molecular flexibility index (Phi) is 3.54.